The van der Waals surface area contributed by atoms with Gasteiger partial charge in [-0.3, -0.25) is 0 Å². The molecule has 0 heterocycles. The molecular formula is C9H5ClF10O2. The largest absolute Gasteiger partial charge is 0.411 e. The molecule has 0 N–H and O–H groups in total. The fourth-order valence-corrected chi connectivity index (χ4v) is 1.81. The van der Waals surface area contributed by atoms with Gasteiger partial charge in [-0.25, -0.2) is 0 Å². The Hall–Kier alpha value is -0.750. The molecule has 0 fully saturated rings. The van der Waals surface area contributed by atoms with Crippen LogP contribution in [0.3, 0.4) is 0 Å². The number of hydrogen-bond donors (Lipinski definition) is 0. The van der Waals surface area contributed by atoms with E-state index >= 15 is 0 Å². The molecule has 0 aromatic heterocycles. The first-order chi connectivity index (χ1) is 9.54. The van der Waals surface area contributed by atoms with Crippen LogP contribution in [0.25, 0.3) is 0 Å². The molecule has 130 valence electrons. The van der Waals surface area contributed by atoms with Crippen LogP contribution in [0.4, 0.5) is 43.9 Å². The Kier molecular flexibility index (Phi) is 4.74. The van der Waals surface area contributed by atoms with Gasteiger partial charge >= 0.3 is 24.2 Å². The van der Waals surface area contributed by atoms with Crippen LogP contribution in [-0.2, 0) is 9.47 Å². The Bertz CT molecular complexity index is 434. The second-order valence-corrected chi connectivity index (χ2v) is 4.52. The highest BCUT2D eigenvalue weighted by Gasteiger charge is 2.77. The molecule has 0 bridgehead atoms. The van der Waals surface area contributed by atoms with Crippen LogP contribution >= 0.6 is 11.6 Å². The van der Waals surface area contributed by atoms with Crippen LogP contribution in [0.2, 0.25) is 0 Å². The molecule has 0 atom stereocenters. The van der Waals surface area contributed by atoms with E-state index < -0.39 is 54.3 Å². The predicted octanol–water partition coefficient (Wildman–Crippen LogP) is 4.25. The smallest absolute Gasteiger partial charge is 0.331 e. The third kappa shape index (κ3) is 3.59. The average Bonchev–Trinajstić information content (AvgIpc) is 2.37. The maximum absolute atomic E-state index is 13.6. The Morgan fingerprint density at radius 1 is 0.864 bits per heavy atom. The van der Waals surface area contributed by atoms with Gasteiger partial charge in [-0.15, -0.1) is 0 Å². The minimum Gasteiger partial charge on any atom is -0.331 e. The highest BCUT2D eigenvalue weighted by molar-refractivity contribution is 6.31. The summed E-state index contributed by atoms with van der Waals surface area (Å²) in [6.45, 7) is -5.17. The van der Waals surface area contributed by atoms with Gasteiger partial charge in [0.1, 0.15) is 13.2 Å². The Morgan fingerprint density at radius 2 is 1.23 bits per heavy atom. The molecule has 22 heavy (non-hydrogen) atoms. The van der Waals surface area contributed by atoms with Crippen molar-refractivity contribution in [3.05, 3.63) is 11.1 Å². The van der Waals surface area contributed by atoms with E-state index in [-0.39, 0.29) is 0 Å². The fraction of sp³-hybridized carbons (Fsp3) is 0.778. The van der Waals surface area contributed by atoms with E-state index in [2.05, 4.69) is 9.47 Å². The molecule has 0 unspecified atom stereocenters. The van der Waals surface area contributed by atoms with Crippen molar-refractivity contribution in [3.63, 3.8) is 0 Å². The monoisotopic (exact) mass is 370 g/mol. The third-order valence-electron chi connectivity index (χ3n) is 2.33. The number of alkyl halides is 10. The quantitative estimate of drug-likeness (QED) is 0.544. The number of halogens is 11. The first-order valence-corrected chi connectivity index (χ1v) is 5.48. The number of ether oxygens (including phenoxy) is 2. The maximum atomic E-state index is 13.6. The summed E-state index contributed by atoms with van der Waals surface area (Å²) in [5.74, 6) is -15.2. The van der Waals surface area contributed by atoms with Gasteiger partial charge in [-0.2, -0.15) is 43.9 Å². The van der Waals surface area contributed by atoms with Gasteiger partial charge < -0.3 is 9.47 Å². The van der Waals surface area contributed by atoms with E-state index in [0.717, 1.165) is 0 Å². The first kappa shape index (κ1) is 19.3. The van der Waals surface area contributed by atoms with Crippen molar-refractivity contribution in [3.8, 4) is 0 Å². The molecule has 0 radical (unpaired) electrons. The number of hydrogen-bond acceptors (Lipinski definition) is 2. The molecule has 1 rings (SSSR count). The van der Waals surface area contributed by atoms with Crippen LogP contribution in [-0.4, -0.2) is 43.2 Å². The second kappa shape index (κ2) is 5.41. The van der Waals surface area contributed by atoms with Crippen molar-refractivity contribution in [1.82, 2.24) is 0 Å². The van der Waals surface area contributed by atoms with Crippen molar-refractivity contribution in [2.24, 2.45) is 0 Å². The Balaban J connectivity index is 3.20. The topological polar surface area (TPSA) is 18.5 Å². The molecule has 13 heteroatoms. The molecule has 1 aliphatic rings. The van der Waals surface area contributed by atoms with Crippen LogP contribution in [0.15, 0.2) is 11.1 Å². The molecule has 0 saturated carbocycles. The van der Waals surface area contributed by atoms with Crippen LogP contribution in [0.5, 0.6) is 0 Å². The molecule has 0 aromatic carbocycles. The van der Waals surface area contributed by atoms with Crippen LogP contribution in [0.1, 0.15) is 0 Å². The van der Waals surface area contributed by atoms with Crippen molar-refractivity contribution in [2.75, 3.05) is 13.2 Å². The lowest BCUT2D eigenvalue weighted by Crippen LogP contribution is -2.58. The predicted molar refractivity (Wildman–Crippen MR) is 50.6 cm³/mol. The van der Waals surface area contributed by atoms with Gasteiger partial charge in [-0.1, -0.05) is 11.6 Å². The van der Waals surface area contributed by atoms with E-state index in [9.17, 15) is 43.9 Å². The summed E-state index contributed by atoms with van der Waals surface area (Å²) >= 11 is 4.98. The summed E-state index contributed by atoms with van der Waals surface area (Å²) in [6, 6.07) is 0. The maximum Gasteiger partial charge on any atom is 0.411 e. The van der Waals surface area contributed by atoms with Gasteiger partial charge in [0, 0.05) is 6.08 Å². The number of allylic oxidation sites excluding steroid dienone is 1. The van der Waals surface area contributed by atoms with Crippen molar-refractivity contribution in [1.29, 1.82) is 0 Å². The average molecular weight is 371 g/mol. The van der Waals surface area contributed by atoms with Gasteiger partial charge in [0.05, 0.1) is 5.03 Å². The molecule has 0 aromatic rings. The van der Waals surface area contributed by atoms with Gasteiger partial charge in [0.2, 0.25) is 0 Å². The highest BCUT2D eigenvalue weighted by atomic mass is 35.5. The number of rotatable bonds is 4. The summed E-state index contributed by atoms with van der Waals surface area (Å²) < 4.78 is 133. The lowest BCUT2D eigenvalue weighted by atomic mass is 10.1. The zero-order valence-electron chi connectivity index (χ0n) is 9.97. The SMILES string of the molecule is FC(F)(F)COC1(OCC(F)(F)F)C(Cl)=CC(F)(F)C1(F)F. The van der Waals surface area contributed by atoms with E-state index in [1.54, 1.807) is 0 Å². The fourth-order valence-electron chi connectivity index (χ4n) is 1.44. The summed E-state index contributed by atoms with van der Waals surface area (Å²) in [7, 11) is 0. The lowest BCUT2D eigenvalue weighted by molar-refractivity contribution is -0.377. The summed E-state index contributed by atoms with van der Waals surface area (Å²) in [5.41, 5.74) is 0. The Morgan fingerprint density at radius 3 is 1.45 bits per heavy atom. The second-order valence-electron chi connectivity index (χ2n) is 4.11. The minimum atomic E-state index is -5.59. The molecule has 0 aliphatic heterocycles. The summed E-state index contributed by atoms with van der Waals surface area (Å²) in [6.07, 6.45) is -11.3. The molecule has 0 amide bonds. The van der Waals surface area contributed by atoms with E-state index in [4.69, 9.17) is 11.6 Å². The van der Waals surface area contributed by atoms with Crippen molar-refractivity contribution in [2.45, 2.75) is 30.0 Å². The molecule has 2 nitrogen and oxygen atoms in total. The van der Waals surface area contributed by atoms with E-state index in [0.29, 0.717) is 0 Å². The van der Waals surface area contributed by atoms with Crippen LogP contribution < -0.4 is 0 Å². The zero-order chi connectivity index (χ0) is 17.6. The zero-order valence-corrected chi connectivity index (χ0v) is 10.7. The van der Waals surface area contributed by atoms with Crippen LogP contribution in [0, 0.1) is 0 Å². The summed E-state index contributed by atoms with van der Waals surface area (Å²) in [5, 5.41) is -1.82. The summed E-state index contributed by atoms with van der Waals surface area (Å²) in [4.78, 5) is 0. The molecule has 1 aliphatic carbocycles. The Labute approximate surface area is 120 Å². The normalized spacial score (nSPS) is 23.5. The van der Waals surface area contributed by atoms with Gasteiger partial charge in [0.25, 0.3) is 5.79 Å². The van der Waals surface area contributed by atoms with Gasteiger partial charge in [-0.05, 0) is 0 Å². The standard InChI is InChI=1S/C9H5ClF10O2/c10-4-1-5(11,12)9(19,20)8(4,21-2-6(13,14)15)22-3-7(16,17)18/h1H,2-3H2. The molecular weight excluding hydrogens is 366 g/mol. The first-order valence-electron chi connectivity index (χ1n) is 5.10. The minimum absolute atomic E-state index is 0.721. The molecule has 0 spiro atoms. The lowest BCUT2D eigenvalue weighted by Gasteiger charge is -2.37. The van der Waals surface area contributed by atoms with E-state index in [1.165, 1.54) is 0 Å². The van der Waals surface area contributed by atoms with Crippen molar-refractivity contribution >= 4 is 11.6 Å². The molecule has 0 saturated heterocycles. The van der Waals surface area contributed by atoms with E-state index in [1.807, 2.05) is 0 Å². The van der Waals surface area contributed by atoms with Crippen molar-refractivity contribution < 1.29 is 53.4 Å². The van der Waals surface area contributed by atoms with Gasteiger partial charge in [0.15, 0.2) is 0 Å². The highest BCUT2D eigenvalue weighted by Crippen LogP contribution is 2.56. The third-order valence-corrected chi connectivity index (χ3v) is 2.69.